The molecule has 0 fully saturated rings. The third-order valence-electron chi connectivity index (χ3n) is 4.49. The lowest BCUT2D eigenvalue weighted by Gasteiger charge is -2.09. The number of pyridine rings is 1. The van der Waals surface area contributed by atoms with Crippen molar-refractivity contribution >= 4 is 11.6 Å². The number of benzene rings is 1. The normalized spacial score (nSPS) is 10.9. The third-order valence-corrected chi connectivity index (χ3v) is 4.49. The smallest absolute Gasteiger partial charge is 0.270 e. The predicted octanol–water partition coefficient (Wildman–Crippen LogP) is 1.91. The van der Waals surface area contributed by atoms with Crippen LogP contribution in [0.25, 0.3) is 5.65 Å². The van der Waals surface area contributed by atoms with Crippen molar-refractivity contribution in [2.75, 3.05) is 6.54 Å². The number of imidazole rings is 1. The van der Waals surface area contributed by atoms with E-state index in [1.165, 1.54) is 16.2 Å². The monoisotopic (exact) mass is 373 g/mol. The molecular weight excluding hydrogens is 354 g/mol. The summed E-state index contributed by atoms with van der Waals surface area (Å²) in [5, 5.41) is 2.79. The highest BCUT2D eigenvalue weighted by Gasteiger charge is 2.13. The minimum absolute atomic E-state index is 0.0244. The Bertz CT molecular complexity index is 1160. The second-order valence-electron chi connectivity index (χ2n) is 6.37. The first kappa shape index (κ1) is 17.7. The molecule has 0 aliphatic heterocycles. The Balaban J connectivity index is 1.41. The van der Waals surface area contributed by atoms with Crippen LogP contribution in [0.4, 0.5) is 0 Å². The Morgan fingerprint density at radius 2 is 1.82 bits per heavy atom. The Kier molecular flexibility index (Phi) is 4.97. The highest BCUT2D eigenvalue weighted by Crippen LogP contribution is 2.06. The quantitative estimate of drug-likeness (QED) is 0.560. The zero-order valence-corrected chi connectivity index (χ0v) is 15.2. The first-order valence-corrected chi connectivity index (χ1v) is 9.01. The summed E-state index contributed by atoms with van der Waals surface area (Å²) in [6.45, 7) is 1.10. The number of hydrogen-bond donors (Lipinski definition) is 1. The molecule has 4 rings (SSSR count). The lowest BCUT2D eigenvalue weighted by Crippen LogP contribution is -2.33. The molecule has 0 bridgehead atoms. The Labute approximate surface area is 161 Å². The summed E-state index contributed by atoms with van der Waals surface area (Å²) >= 11 is 0. The van der Waals surface area contributed by atoms with Crippen LogP contribution in [0.15, 0.2) is 78.1 Å². The zero-order valence-electron chi connectivity index (χ0n) is 15.2. The molecule has 0 saturated heterocycles. The van der Waals surface area contributed by atoms with Crippen LogP contribution in [-0.2, 0) is 13.0 Å². The van der Waals surface area contributed by atoms with E-state index in [4.69, 9.17) is 0 Å². The number of hydrogen-bond acceptors (Lipinski definition) is 4. The molecular formula is C21H19N5O2. The molecule has 3 heterocycles. The van der Waals surface area contributed by atoms with Gasteiger partial charge in [-0.15, -0.1) is 0 Å². The number of aromatic nitrogens is 4. The van der Waals surface area contributed by atoms with E-state index in [2.05, 4.69) is 27.4 Å². The van der Waals surface area contributed by atoms with Gasteiger partial charge in [-0.3, -0.25) is 14.0 Å². The van der Waals surface area contributed by atoms with Crippen molar-refractivity contribution in [2.24, 2.45) is 0 Å². The molecule has 28 heavy (non-hydrogen) atoms. The summed E-state index contributed by atoms with van der Waals surface area (Å²) in [4.78, 5) is 33.4. The van der Waals surface area contributed by atoms with E-state index < -0.39 is 5.91 Å². The topological polar surface area (TPSA) is 81.3 Å². The number of fused-ring (bicyclic) bond motifs is 1. The fourth-order valence-corrected chi connectivity index (χ4v) is 3.06. The van der Waals surface area contributed by atoms with Crippen LogP contribution in [0.1, 0.15) is 21.7 Å². The fourth-order valence-electron chi connectivity index (χ4n) is 3.06. The van der Waals surface area contributed by atoms with Crippen molar-refractivity contribution in [3.05, 3.63) is 101 Å². The summed E-state index contributed by atoms with van der Waals surface area (Å²) in [5.74, 6) is 0.439. The molecule has 1 aromatic carbocycles. The van der Waals surface area contributed by atoms with Gasteiger partial charge >= 0.3 is 0 Å². The average molecular weight is 373 g/mol. The second kappa shape index (κ2) is 7.87. The van der Waals surface area contributed by atoms with Gasteiger partial charge in [-0.25, -0.2) is 9.97 Å². The molecule has 3 aromatic heterocycles. The van der Waals surface area contributed by atoms with Gasteiger partial charge in [0.1, 0.15) is 17.0 Å². The standard InChI is InChI=1S/C21H19N5O2/c27-20(17-14-24-19-8-4-5-12-26(19)21(17)28)23-10-9-18-22-11-13-25(18)15-16-6-2-1-3-7-16/h1-8,11-14H,9-10,15H2,(H,23,27). The number of nitrogens with zero attached hydrogens (tertiary/aromatic N) is 4. The molecule has 0 atom stereocenters. The van der Waals surface area contributed by atoms with Gasteiger partial charge < -0.3 is 9.88 Å². The summed E-state index contributed by atoms with van der Waals surface area (Å²) in [5.41, 5.74) is 1.33. The van der Waals surface area contributed by atoms with Crippen LogP contribution < -0.4 is 10.9 Å². The number of amides is 1. The van der Waals surface area contributed by atoms with E-state index in [1.807, 2.05) is 29.0 Å². The molecule has 0 radical (unpaired) electrons. The van der Waals surface area contributed by atoms with Crippen LogP contribution in [-0.4, -0.2) is 31.4 Å². The Hall–Kier alpha value is -3.74. The lowest BCUT2D eigenvalue weighted by molar-refractivity contribution is 0.0952. The molecule has 140 valence electrons. The van der Waals surface area contributed by atoms with Crippen molar-refractivity contribution in [1.29, 1.82) is 0 Å². The second-order valence-corrected chi connectivity index (χ2v) is 6.37. The van der Waals surface area contributed by atoms with Gasteiger partial charge in [-0.05, 0) is 17.7 Å². The number of nitrogens with one attached hydrogen (secondary N) is 1. The molecule has 7 nitrogen and oxygen atoms in total. The first-order chi connectivity index (χ1) is 13.7. The molecule has 0 aliphatic carbocycles. The molecule has 7 heteroatoms. The van der Waals surface area contributed by atoms with E-state index in [0.29, 0.717) is 18.6 Å². The van der Waals surface area contributed by atoms with Crippen LogP contribution in [0.5, 0.6) is 0 Å². The van der Waals surface area contributed by atoms with E-state index in [9.17, 15) is 9.59 Å². The van der Waals surface area contributed by atoms with Gasteiger partial charge in [0.15, 0.2) is 0 Å². The van der Waals surface area contributed by atoms with Crippen LogP contribution in [0, 0.1) is 0 Å². The molecule has 1 N–H and O–H groups in total. The third kappa shape index (κ3) is 3.68. The first-order valence-electron chi connectivity index (χ1n) is 9.01. The van der Waals surface area contributed by atoms with Crippen molar-refractivity contribution in [3.63, 3.8) is 0 Å². The zero-order chi connectivity index (χ0) is 19.3. The Morgan fingerprint density at radius 1 is 1.00 bits per heavy atom. The van der Waals surface area contributed by atoms with Gasteiger partial charge in [0.2, 0.25) is 0 Å². The maximum atomic E-state index is 12.5. The van der Waals surface area contributed by atoms with Crippen molar-refractivity contribution in [2.45, 2.75) is 13.0 Å². The van der Waals surface area contributed by atoms with Gasteiger partial charge in [-0.2, -0.15) is 0 Å². The maximum absolute atomic E-state index is 12.5. The van der Waals surface area contributed by atoms with Crippen LogP contribution in [0.3, 0.4) is 0 Å². The number of carbonyl (C=O) groups is 1. The number of rotatable bonds is 6. The number of carbonyl (C=O) groups excluding carboxylic acids is 1. The lowest BCUT2D eigenvalue weighted by atomic mass is 10.2. The summed E-state index contributed by atoms with van der Waals surface area (Å²) < 4.78 is 3.41. The van der Waals surface area contributed by atoms with Crippen molar-refractivity contribution in [1.82, 2.24) is 24.3 Å². The van der Waals surface area contributed by atoms with Gasteiger partial charge in [0, 0.05) is 44.3 Å². The largest absolute Gasteiger partial charge is 0.351 e. The molecule has 1 amide bonds. The summed E-state index contributed by atoms with van der Waals surface area (Å²) in [7, 11) is 0. The van der Waals surface area contributed by atoms with Crippen LogP contribution in [0.2, 0.25) is 0 Å². The van der Waals surface area contributed by atoms with Crippen molar-refractivity contribution < 1.29 is 4.79 Å². The van der Waals surface area contributed by atoms with E-state index in [0.717, 1.165) is 12.4 Å². The van der Waals surface area contributed by atoms with E-state index >= 15 is 0 Å². The van der Waals surface area contributed by atoms with E-state index in [1.54, 1.807) is 30.6 Å². The minimum Gasteiger partial charge on any atom is -0.351 e. The molecule has 0 saturated carbocycles. The maximum Gasteiger partial charge on any atom is 0.270 e. The van der Waals surface area contributed by atoms with Gasteiger partial charge in [0.05, 0.1) is 0 Å². The summed E-state index contributed by atoms with van der Waals surface area (Å²) in [6, 6.07) is 15.3. The molecule has 0 unspecified atom stereocenters. The average Bonchev–Trinajstić information content (AvgIpc) is 3.16. The highest BCUT2D eigenvalue weighted by molar-refractivity contribution is 5.93. The van der Waals surface area contributed by atoms with Crippen molar-refractivity contribution in [3.8, 4) is 0 Å². The fraction of sp³-hybridized carbons (Fsp3) is 0.143. The van der Waals surface area contributed by atoms with Crippen LogP contribution >= 0.6 is 0 Å². The summed E-state index contributed by atoms with van der Waals surface area (Å²) in [6.07, 6.45) is 7.16. The minimum atomic E-state index is -0.433. The highest BCUT2D eigenvalue weighted by atomic mass is 16.2. The molecule has 0 spiro atoms. The molecule has 0 aliphatic rings. The SMILES string of the molecule is O=C(NCCc1nccn1Cc1ccccc1)c1cnc2ccccn2c1=O. The predicted molar refractivity (Wildman–Crippen MR) is 105 cm³/mol. The van der Waals surface area contributed by atoms with Gasteiger partial charge in [-0.1, -0.05) is 36.4 Å². The van der Waals surface area contributed by atoms with Gasteiger partial charge in [0.25, 0.3) is 11.5 Å². The van der Waals surface area contributed by atoms with E-state index in [-0.39, 0.29) is 11.1 Å². The molecule has 4 aromatic rings. The Morgan fingerprint density at radius 3 is 2.68 bits per heavy atom.